The molecule has 5 heteroatoms. The summed E-state index contributed by atoms with van der Waals surface area (Å²) in [6.07, 6.45) is 1.49. The van der Waals surface area contributed by atoms with E-state index in [4.69, 9.17) is 4.74 Å². The second-order valence-electron chi connectivity index (χ2n) is 4.33. The number of amides is 1. The van der Waals surface area contributed by atoms with Gasteiger partial charge < -0.3 is 15.0 Å². The van der Waals surface area contributed by atoms with Gasteiger partial charge >= 0.3 is 0 Å². The first-order valence-corrected chi connectivity index (χ1v) is 6.68. The topological polar surface area (TPSA) is 71.2 Å². The van der Waals surface area contributed by atoms with Gasteiger partial charge in [-0.1, -0.05) is 6.92 Å². The Hall–Kier alpha value is -1.62. The Kier molecular flexibility index (Phi) is 6.29. The standard InChI is InChI=1S/C14H22N2O3/c1-4-12-10(3)9-11(14(18)16-12)13(17)15-7-6-8-19-5-2/h9H,4-8H2,1-3H3,(H,15,17)(H,16,18). The molecule has 2 N–H and O–H groups in total. The van der Waals surface area contributed by atoms with E-state index < -0.39 is 0 Å². The van der Waals surface area contributed by atoms with Crippen molar-refractivity contribution in [2.75, 3.05) is 19.8 Å². The summed E-state index contributed by atoms with van der Waals surface area (Å²) in [4.78, 5) is 26.4. The third kappa shape index (κ3) is 4.52. The first kappa shape index (κ1) is 15.4. The minimum Gasteiger partial charge on any atom is -0.382 e. The maximum absolute atomic E-state index is 11.9. The van der Waals surface area contributed by atoms with Gasteiger partial charge in [0.2, 0.25) is 0 Å². The summed E-state index contributed by atoms with van der Waals surface area (Å²) in [7, 11) is 0. The molecule has 0 bridgehead atoms. The molecule has 0 unspecified atom stereocenters. The summed E-state index contributed by atoms with van der Waals surface area (Å²) < 4.78 is 5.17. The van der Waals surface area contributed by atoms with Gasteiger partial charge in [0.1, 0.15) is 5.56 Å². The fourth-order valence-corrected chi connectivity index (χ4v) is 1.82. The van der Waals surface area contributed by atoms with Gasteiger partial charge in [-0.25, -0.2) is 0 Å². The molecule has 1 rings (SSSR count). The number of aromatic nitrogens is 1. The summed E-state index contributed by atoms with van der Waals surface area (Å²) in [6, 6.07) is 1.65. The van der Waals surface area contributed by atoms with Crippen LogP contribution in [0.25, 0.3) is 0 Å². The Morgan fingerprint density at radius 2 is 2.16 bits per heavy atom. The van der Waals surface area contributed by atoms with E-state index in [1.165, 1.54) is 0 Å². The zero-order valence-electron chi connectivity index (χ0n) is 11.8. The van der Waals surface area contributed by atoms with Gasteiger partial charge in [-0.3, -0.25) is 9.59 Å². The van der Waals surface area contributed by atoms with E-state index in [9.17, 15) is 9.59 Å². The molecular formula is C14H22N2O3. The summed E-state index contributed by atoms with van der Waals surface area (Å²) >= 11 is 0. The molecule has 0 radical (unpaired) electrons. The molecule has 0 aromatic carbocycles. The van der Waals surface area contributed by atoms with Gasteiger partial charge in [0.15, 0.2) is 0 Å². The Morgan fingerprint density at radius 3 is 2.79 bits per heavy atom. The van der Waals surface area contributed by atoms with E-state index in [1.807, 2.05) is 20.8 Å². The molecule has 5 nitrogen and oxygen atoms in total. The molecule has 106 valence electrons. The predicted molar refractivity (Wildman–Crippen MR) is 74.6 cm³/mol. The lowest BCUT2D eigenvalue weighted by Crippen LogP contribution is -2.31. The molecule has 19 heavy (non-hydrogen) atoms. The van der Waals surface area contributed by atoms with Crippen LogP contribution >= 0.6 is 0 Å². The fraction of sp³-hybridized carbons (Fsp3) is 0.571. The maximum Gasteiger partial charge on any atom is 0.261 e. The molecule has 0 spiro atoms. The SMILES string of the molecule is CCOCCCNC(=O)c1cc(C)c(CC)[nH]c1=O. The molecule has 0 saturated heterocycles. The molecule has 1 heterocycles. The number of rotatable bonds is 7. The Morgan fingerprint density at radius 1 is 1.42 bits per heavy atom. The van der Waals surface area contributed by atoms with Crippen molar-refractivity contribution in [2.45, 2.75) is 33.6 Å². The molecule has 0 fully saturated rings. The maximum atomic E-state index is 11.9. The Labute approximate surface area is 113 Å². The number of nitrogens with one attached hydrogen (secondary N) is 2. The molecule has 1 aromatic heterocycles. The van der Waals surface area contributed by atoms with Gasteiger partial charge in [-0.15, -0.1) is 0 Å². The van der Waals surface area contributed by atoms with Crippen molar-refractivity contribution < 1.29 is 9.53 Å². The van der Waals surface area contributed by atoms with Crippen LogP contribution in [0.1, 0.15) is 41.9 Å². The average molecular weight is 266 g/mol. The van der Waals surface area contributed by atoms with Gasteiger partial charge in [-0.2, -0.15) is 0 Å². The highest BCUT2D eigenvalue weighted by Gasteiger charge is 2.11. The van der Waals surface area contributed by atoms with Crippen molar-refractivity contribution in [1.82, 2.24) is 10.3 Å². The van der Waals surface area contributed by atoms with E-state index in [0.29, 0.717) is 19.8 Å². The lowest BCUT2D eigenvalue weighted by molar-refractivity contribution is 0.0942. The molecule has 0 atom stereocenters. The minimum atomic E-state index is -0.330. The van der Waals surface area contributed by atoms with Crippen LogP contribution in [0.2, 0.25) is 0 Å². The molecule has 0 saturated carbocycles. The number of carbonyl (C=O) groups excluding carboxylic acids is 1. The van der Waals surface area contributed by atoms with E-state index in [-0.39, 0.29) is 17.0 Å². The van der Waals surface area contributed by atoms with Gasteiger partial charge in [0, 0.05) is 25.5 Å². The summed E-state index contributed by atoms with van der Waals surface area (Å²) in [5.41, 5.74) is 1.65. The number of ether oxygens (including phenoxy) is 1. The highest BCUT2D eigenvalue weighted by molar-refractivity contribution is 5.93. The number of hydrogen-bond donors (Lipinski definition) is 2. The van der Waals surface area contributed by atoms with Crippen LogP contribution in [-0.2, 0) is 11.2 Å². The second-order valence-corrected chi connectivity index (χ2v) is 4.33. The highest BCUT2D eigenvalue weighted by atomic mass is 16.5. The zero-order chi connectivity index (χ0) is 14.3. The van der Waals surface area contributed by atoms with Crippen LogP contribution in [0.4, 0.5) is 0 Å². The van der Waals surface area contributed by atoms with Crippen LogP contribution in [-0.4, -0.2) is 30.6 Å². The van der Waals surface area contributed by atoms with Crippen LogP contribution < -0.4 is 10.9 Å². The largest absolute Gasteiger partial charge is 0.382 e. The fourth-order valence-electron chi connectivity index (χ4n) is 1.82. The quantitative estimate of drug-likeness (QED) is 0.733. The third-order valence-corrected chi connectivity index (χ3v) is 2.90. The number of H-pyrrole nitrogens is 1. The first-order chi connectivity index (χ1) is 9.10. The molecule has 1 aromatic rings. The van der Waals surface area contributed by atoms with Crippen LogP contribution in [0, 0.1) is 6.92 Å². The summed E-state index contributed by atoms with van der Waals surface area (Å²) in [5, 5.41) is 2.72. The van der Waals surface area contributed by atoms with E-state index in [2.05, 4.69) is 10.3 Å². The average Bonchev–Trinajstić information content (AvgIpc) is 2.40. The zero-order valence-corrected chi connectivity index (χ0v) is 11.8. The van der Waals surface area contributed by atoms with Gasteiger partial charge in [0.05, 0.1) is 0 Å². The molecule has 1 amide bonds. The first-order valence-electron chi connectivity index (χ1n) is 6.68. The molecular weight excluding hydrogens is 244 g/mol. The number of aryl methyl sites for hydroxylation is 2. The number of carbonyl (C=O) groups is 1. The van der Waals surface area contributed by atoms with Gasteiger partial charge in [0.25, 0.3) is 11.5 Å². The number of pyridine rings is 1. The van der Waals surface area contributed by atoms with Crippen molar-refractivity contribution in [3.63, 3.8) is 0 Å². The normalized spacial score (nSPS) is 10.5. The Bertz CT molecular complexity index is 480. The lowest BCUT2D eigenvalue weighted by atomic mass is 10.1. The van der Waals surface area contributed by atoms with Crippen molar-refractivity contribution in [3.05, 3.63) is 33.2 Å². The van der Waals surface area contributed by atoms with E-state index in [0.717, 1.165) is 24.1 Å². The predicted octanol–water partition coefficient (Wildman–Crippen LogP) is 1.40. The second kappa shape index (κ2) is 7.74. The number of hydrogen-bond acceptors (Lipinski definition) is 3. The summed E-state index contributed by atoms with van der Waals surface area (Å²) in [5.74, 6) is -0.330. The van der Waals surface area contributed by atoms with Crippen molar-refractivity contribution in [3.8, 4) is 0 Å². The van der Waals surface area contributed by atoms with Crippen molar-refractivity contribution >= 4 is 5.91 Å². The van der Waals surface area contributed by atoms with Crippen LogP contribution in [0.5, 0.6) is 0 Å². The van der Waals surface area contributed by atoms with E-state index >= 15 is 0 Å². The minimum absolute atomic E-state index is 0.172. The van der Waals surface area contributed by atoms with Crippen molar-refractivity contribution in [1.29, 1.82) is 0 Å². The molecule has 0 aliphatic rings. The van der Waals surface area contributed by atoms with Crippen LogP contribution in [0.15, 0.2) is 10.9 Å². The van der Waals surface area contributed by atoms with Gasteiger partial charge in [-0.05, 0) is 38.3 Å². The number of aromatic amines is 1. The highest BCUT2D eigenvalue weighted by Crippen LogP contribution is 2.04. The molecule has 0 aliphatic carbocycles. The monoisotopic (exact) mass is 266 g/mol. The molecule has 0 aliphatic heterocycles. The van der Waals surface area contributed by atoms with E-state index in [1.54, 1.807) is 6.07 Å². The lowest BCUT2D eigenvalue weighted by Gasteiger charge is -2.07. The summed E-state index contributed by atoms with van der Waals surface area (Å²) in [6.45, 7) is 7.57. The van der Waals surface area contributed by atoms with Crippen molar-refractivity contribution in [2.24, 2.45) is 0 Å². The Balaban J connectivity index is 2.62. The smallest absolute Gasteiger partial charge is 0.261 e. The van der Waals surface area contributed by atoms with Crippen LogP contribution in [0.3, 0.4) is 0 Å². The third-order valence-electron chi connectivity index (χ3n) is 2.90.